The van der Waals surface area contributed by atoms with E-state index in [0.717, 1.165) is 37.5 Å². The van der Waals surface area contributed by atoms with Crippen molar-refractivity contribution in [2.45, 2.75) is 50.9 Å². The second-order valence-electron chi connectivity index (χ2n) is 7.04. The fraction of sp³-hybridized carbons (Fsp3) is 0.611. The van der Waals surface area contributed by atoms with Gasteiger partial charge < -0.3 is 20.3 Å². The average Bonchev–Trinajstić information content (AvgIpc) is 3.40. The predicted molar refractivity (Wildman–Crippen MR) is 92.5 cm³/mol. The van der Waals surface area contributed by atoms with E-state index in [2.05, 4.69) is 15.5 Å². The maximum atomic E-state index is 12.4. The summed E-state index contributed by atoms with van der Waals surface area (Å²) in [7, 11) is 0. The summed E-state index contributed by atoms with van der Waals surface area (Å²) in [6.07, 6.45) is -0.122. The predicted octanol–water partition coefficient (Wildman–Crippen LogP) is 3.68. The fourth-order valence-corrected chi connectivity index (χ4v) is 3.20. The lowest BCUT2D eigenvalue weighted by Crippen LogP contribution is -2.46. The van der Waals surface area contributed by atoms with E-state index in [1.165, 1.54) is 18.9 Å². The van der Waals surface area contributed by atoms with Gasteiger partial charge in [-0.25, -0.2) is 4.79 Å². The summed E-state index contributed by atoms with van der Waals surface area (Å²) >= 11 is 0. The molecule has 8 heteroatoms. The van der Waals surface area contributed by atoms with E-state index in [1.807, 2.05) is 0 Å². The van der Waals surface area contributed by atoms with Gasteiger partial charge in [0.15, 0.2) is 6.61 Å². The molecule has 1 aromatic carbocycles. The number of carbonyl (C=O) groups excluding carboxylic acids is 1. The van der Waals surface area contributed by atoms with Gasteiger partial charge in [-0.1, -0.05) is 6.07 Å². The quantitative estimate of drug-likeness (QED) is 0.830. The summed E-state index contributed by atoms with van der Waals surface area (Å²) in [6, 6.07) is 5.13. The van der Waals surface area contributed by atoms with Gasteiger partial charge in [-0.15, -0.1) is 0 Å². The Morgan fingerprint density at radius 1 is 1.23 bits per heavy atom. The monoisotopic (exact) mass is 371 g/mol. The fourth-order valence-electron chi connectivity index (χ4n) is 3.20. The smallest absolute Gasteiger partial charge is 0.422 e. The molecule has 0 bridgehead atoms. The van der Waals surface area contributed by atoms with Crippen LogP contribution in [0, 0.1) is 6.92 Å². The van der Waals surface area contributed by atoms with Crippen LogP contribution in [0.5, 0.6) is 5.75 Å². The van der Waals surface area contributed by atoms with Crippen LogP contribution in [0.15, 0.2) is 18.2 Å². The third-order valence-electron chi connectivity index (χ3n) is 4.70. The lowest BCUT2D eigenvalue weighted by atomic mass is 10.1. The number of nitrogens with zero attached hydrogens (tertiary/aromatic N) is 1. The number of ether oxygens (including phenoxy) is 1. The van der Waals surface area contributed by atoms with Crippen molar-refractivity contribution < 1.29 is 22.7 Å². The summed E-state index contributed by atoms with van der Waals surface area (Å²) in [5.41, 5.74) is 0.980. The molecule has 3 rings (SSSR count). The first-order valence-corrected chi connectivity index (χ1v) is 8.92. The Hall–Kier alpha value is -1.96. The first-order chi connectivity index (χ1) is 12.3. The number of aryl methyl sites for hydroxylation is 1. The number of rotatable bonds is 5. The Bertz CT molecular complexity index is 639. The zero-order valence-electron chi connectivity index (χ0n) is 14.7. The largest absolute Gasteiger partial charge is 0.482 e. The van der Waals surface area contributed by atoms with E-state index in [1.54, 1.807) is 19.1 Å². The van der Waals surface area contributed by atoms with Crippen molar-refractivity contribution >= 4 is 11.7 Å². The molecule has 1 saturated carbocycles. The number of alkyl halides is 3. The minimum atomic E-state index is -4.43. The third-order valence-corrected chi connectivity index (χ3v) is 4.70. The Balaban J connectivity index is 1.53. The first kappa shape index (κ1) is 18.8. The summed E-state index contributed by atoms with van der Waals surface area (Å²) in [6.45, 7) is 2.30. The van der Waals surface area contributed by atoms with Crippen LogP contribution in [0.4, 0.5) is 23.7 Å². The number of hydrogen-bond donors (Lipinski definition) is 2. The van der Waals surface area contributed by atoms with E-state index in [4.69, 9.17) is 4.74 Å². The Labute approximate surface area is 150 Å². The summed E-state index contributed by atoms with van der Waals surface area (Å²) in [5, 5.41) is 5.52. The number of hydrogen-bond acceptors (Lipinski definition) is 3. The second-order valence-corrected chi connectivity index (χ2v) is 7.04. The highest BCUT2D eigenvalue weighted by Gasteiger charge is 2.32. The molecule has 2 aliphatic rings. The molecule has 26 heavy (non-hydrogen) atoms. The van der Waals surface area contributed by atoms with Crippen molar-refractivity contribution in [1.29, 1.82) is 0 Å². The van der Waals surface area contributed by atoms with Gasteiger partial charge in [0.1, 0.15) is 5.75 Å². The van der Waals surface area contributed by atoms with E-state index >= 15 is 0 Å². The Kier molecular flexibility index (Phi) is 5.60. The van der Waals surface area contributed by atoms with Crippen LogP contribution < -0.4 is 15.4 Å². The SMILES string of the molecule is Cc1ccc(NC(=O)NC2CCN(C3CC3)CC2)c(OCC(F)(F)F)c1. The summed E-state index contributed by atoms with van der Waals surface area (Å²) < 4.78 is 42.1. The first-order valence-electron chi connectivity index (χ1n) is 8.92. The topological polar surface area (TPSA) is 53.6 Å². The Morgan fingerprint density at radius 2 is 1.92 bits per heavy atom. The van der Waals surface area contributed by atoms with Gasteiger partial charge in [-0.2, -0.15) is 13.2 Å². The lowest BCUT2D eigenvalue weighted by molar-refractivity contribution is -0.153. The van der Waals surface area contributed by atoms with Gasteiger partial charge in [-0.05, 0) is 50.3 Å². The molecule has 2 fully saturated rings. The molecule has 0 atom stereocenters. The highest BCUT2D eigenvalue weighted by Crippen LogP contribution is 2.30. The number of amides is 2. The molecule has 0 unspecified atom stereocenters. The van der Waals surface area contributed by atoms with Crippen molar-refractivity contribution in [3.63, 3.8) is 0 Å². The standard InChI is InChI=1S/C18H24F3N3O2/c1-12-2-5-15(16(10-12)26-11-18(19,20)21)23-17(25)22-13-6-8-24(9-7-13)14-3-4-14/h2,5,10,13-14H,3-4,6-9,11H2,1H3,(H2,22,23,25). The highest BCUT2D eigenvalue weighted by molar-refractivity contribution is 5.91. The van der Waals surface area contributed by atoms with E-state index < -0.39 is 18.8 Å². The number of likely N-dealkylation sites (tertiary alicyclic amines) is 1. The normalized spacial score (nSPS) is 19.2. The van der Waals surface area contributed by atoms with Crippen molar-refractivity contribution in [1.82, 2.24) is 10.2 Å². The van der Waals surface area contributed by atoms with Crippen LogP contribution in [0.25, 0.3) is 0 Å². The molecule has 0 radical (unpaired) electrons. The molecule has 144 valence electrons. The molecule has 1 aliphatic heterocycles. The minimum absolute atomic E-state index is 0.0148. The van der Waals surface area contributed by atoms with Crippen LogP contribution in [0.1, 0.15) is 31.2 Å². The zero-order valence-corrected chi connectivity index (χ0v) is 14.7. The van der Waals surface area contributed by atoms with Crippen LogP contribution >= 0.6 is 0 Å². The number of anilines is 1. The summed E-state index contributed by atoms with van der Waals surface area (Å²) in [4.78, 5) is 14.7. The molecule has 0 spiro atoms. The number of piperidine rings is 1. The van der Waals surface area contributed by atoms with Crippen molar-refractivity contribution in [2.75, 3.05) is 25.0 Å². The minimum Gasteiger partial charge on any atom is -0.482 e. The molecular formula is C18H24F3N3O2. The lowest BCUT2D eigenvalue weighted by Gasteiger charge is -2.32. The molecule has 2 amide bonds. The molecule has 0 aromatic heterocycles. The zero-order chi connectivity index (χ0) is 18.7. The third kappa shape index (κ3) is 5.52. The van der Waals surface area contributed by atoms with Gasteiger partial charge >= 0.3 is 12.2 Å². The van der Waals surface area contributed by atoms with Crippen molar-refractivity contribution in [3.8, 4) is 5.75 Å². The van der Waals surface area contributed by atoms with Gasteiger partial charge in [0.2, 0.25) is 0 Å². The van der Waals surface area contributed by atoms with Crippen molar-refractivity contribution in [2.24, 2.45) is 0 Å². The van der Waals surface area contributed by atoms with Crippen LogP contribution in [-0.4, -0.2) is 48.9 Å². The van der Waals surface area contributed by atoms with Crippen LogP contribution in [0.2, 0.25) is 0 Å². The molecule has 1 heterocycles. The number of urea groups is 1. The molecular weight excluding hydrogens is 347 g/mol. The number of nitrogens with one attached hydrogen (secondary N) is 2. The molecule has 1 aliphatic carbocycles. The molecule has 5 nitrogen and oxygen atoms in total. The molecule has 1 saturated heterocycles. The average molecular weight is 371 g/mol. The van der Waals surface area contributed by atoms with Crippen LogP contribution in [0.3, 0.4) is 0 Å². The van der Waals surface area contributed by atoms with E-state index in [-0.39, 0.29) is 17.5 Å². The van der Waals surface area contributed by atoms with Gasteiger partial charge in [-0.3, -0.25) is 0 Å². The van der Waals surface area contributed by atoms with Gasteiger partial charge in [0.05, 0.1) is 5.69 Å². The maximum Gasteiger partial charge on any atom is 0.422 e. The number of carbonyl (C=O) groups is 1. The van der Waals surface area contributed by atoms with Crippen molar-refractivity contribution in [3.05, 3.63) is 23.8 Å². The number of benzene rings is 1. The number of halogens is 3. The van der Waals surface area contributed by atoms with Gasteiger partial charge in [0.25, 0.3) is 0 Å². The maximum absolute atomic E-state index is 12.4. The van der Waals surface area contributed by atoms with Gasteiger partial charge in [0, 0.05) is 25.2 Å². The van der Waals surface area contributed by atoms with E-state index in [9.17, 15) is 18.0 Å². The van der Waals surface area contributed by atoms with Crippen LogP contribution in [-0.2, 0) is 0 Å². The van der Waals surface area contributed by atoms with E-state index in [0.29, 0.717) is 0 Å². The summed E-state index contributed by atoms with van der Waals surface area (Å²) in [5.74, 6) is 0.0148. The molecule has 2 N–H and O–H groups in total. The molecule has 1 aromatic rings. The highest BCUT2D eigenvalue weighted by atomic mass is 19.4. The Morgan fingerprint density at radius 3 is 2.54 bits per heavy atom. The second kappa shape index (κ2) is 7.73.